The Labute approximate surface area is 111 Å². The van der Waals surface area contributed by atoms with Crippen LogP contribution < -0.4 is 19.7 Å². The molecular formula is C13H18N2O4. The highest BCUT2D eigenvalue weighted by Gasteiger charge is 2.21. The van der Waals surface area contributed by atoms with E-state index in [0.29, 0.717) is 11.5 Å². The number of hydrogen-bond acceptors (Lipinski definition) is 5. The number of carboxylic acids is 1. The largest absolute Gasteiger partial charge is 0.493 e. The molecule has 1 fully saturated rings. The molecule has 0 aromatic heterocycles. The van der Waals surface area contributed by atoms with Gasteiger partial charge in [-0.1, -0.05) is 0 Å². The molecule has 1 aliphatic heterocycles. The van der Waals surface area contributed by atoms with Crippen molar-refractivity contribution in [1.29, 1.82) is 0 Å². The van der Waals surface area contributed by atoms with Crippen molar-refractivity contribution in [3.05, 3.63) is 17.7 Å². The van der Waals surface area contributed by atoms with Crippen molar-refractivity contribution < 1.29 is 19.4 Å². The number of carbonyl (C=O) groups is 1. The molecule has 1 aliphatic rings. The van der Waals surface area contributed by atoms with Crippen molar-refractivity contribution in [3.63, 3.8) is 0 Å². The van der Waals surface area contributed by atoms with Crippen LogP contribution in [0, 0.1) is 0 Å². The number of benzene rings is 1. The van der Waals surface area contributed by atoms with Crippen molar-refractivity contribution in [2.45, 2.75) is 0 Å². The van der Waals surface area contributed by atoms with Crippen molar-refractivity contribution in [1.82, 2.24) is 5.32 Å². The molecule has 104 valence electrons. The highest BCUT2D eigenvalue weighted by Crippen LogP contribution is 2.39. The highest BCUT2D eigenvalue weighted by atomic mass is 16.5. The Morgan fingerprint density at radius 2 is 1.95 bits per heavy atom. The van der Waals surface area contributed by atoms with Crippen LogP contribution in [-0.2, 0) is 0 Å². The quantitative estimate of drug-likeness (QED) is 0.840. The molecule has 1 saturated heterocycles. The molecule has 6 heteroatoms. The van der Waals surface area contributed by atoms with Crippen LogP contribution in [0.1, 0.15) is 10.4 Å². The maximum atomic E-state index is 11.2. The number of nitrogens with zero attached hydrogens (tertiary/aromatic N) is 1. The van der Waals surface area contributed by atoms with Crippen molar-refractivity contribution in [2.24, 2.45) is 0 Å². The van der Waals surface area contributed by atoms with Crippen molar-refractivity contribution in [3.8, 4) is 11.5 Å². The molecule has 2 N–H and O–H groups in total. The third kappa shape index (κ3) is 2.73. The molecule has 1 heterocycles. The van der Waals surface area contributed by atoms with E-state index >= 15 is 0 Å². The van der Waals surface area contributed by atoms with Crippen LogP contribution in [0.3, 0.4) is 0 Å². The van der Waals surface area contributed by atoms with E-state index in [1.165, 1.54) is 13.2 Å². The smallest absolute Gasteiger partial charge is 0.335 e. The number of methoxy groups -OCH3 is 2. The molecule has 6 nitrogen and oxygen atoms in total. The highest BCUT2D eigenvalue weighted by molar-refractivity contribution is 5.91. The Morgan fingerprint density at radius 3 is 2.47 bits per heavy atom. The standard InChI is InChI=1S/C13H18N2O4/c1-18-11-8-9(13(16)17)7-10(12(11)19-2)15-5-3-14-4-6-15/h7-8,14H,3-6H2,1-2H3,(H,16,17). The van der Waals surface area contributed by atoms with E-state index in [2.05, 4.69) is 10.2 Å². The number of anilines is 1. The van der Waals surface area contributed by atoms with Crippen LogP contribution in [0.4, 0.5) is 5.69 Å². The lowest BCUT2D eigenvalue weighted by atomic mass is 10.1. The van der Waals surface area contributed by atoms with Crippen molar-refractivity contribution >= 4 is 11.7 Å². The van der Waals surface area contributed by atoms with Gasteiger partial charge in [-0.15, -0.1) is 0 Å². The molecule has 0 atom stereocenters. The van der Waals surface area contributed by atoms with E-state index in [9.17, 15) is 4.79 Å². The van der Waals surface area contributed by atoms with Crippen LogP contribution in [0.25, 0.3) is 0 Å². The van der Waals surface area contributed by atoms with Crippen LogP contribution in [-0.4, -0.2) is 51.5 Å². The first-order valence-corrected chi connectivity index (χ1v) is 6.12. The molecule has 1 aromatic rings. The van der Waals surface area contributed by atoms with Gasteiger partial charge >= 0.3 is 5.97 Å². The fraction of sp³-hybridized carbons (Fsp3) is 0.462. The number of aromatic carboxylic acids is 1. The first-order valence-electron chi connectivity index (χ1n) is 6.12. The summed E-state index contributed by atoms with van der Waals surface area (Å²) in [6, 6.07) is 3.11. The van der Waals surface area contributed by atoms with E-state index in [0.717, 1.165) is 31.9 Å². The van der Waals surface area contributed by atoms with E-state index in [1.54, 1.807) is 13.2 Å². The van der Waals surface area contributed by atoms with Gasteiger partial charge in [0.15, 0.2) is 11.5 Å². The molecule has 2 rings (SSSR count). The lowest BCUT2D eigenvalue weighted by Gasteiger charge is -2.31. The molecule has 0 unspecified atom stereocenters. The van der Waals surface area contributed by atoms with E-state index in [4.69, 9.17) is 14.6 Å². The van der Waals surface area contributed by atoms with Gasteiger partial charge in [-0.05, 0) is 12.1 Å². The molecular weight excluding hydrogens is 248 g/mol. The van der Waals surface area contributed by atoms with E-state index in [1.807, 2.05) is 0 Å². The summed E-state index contributed by atoms with van der Waals surface area (Å²) in [5.74, 6) is 0.0441. The van der Waals surface area contributed by atoms with Gasteiger partial charge < -0.3 is 24.8 Å². The van der Waals surface area contributed by atoms with Gasteiger partial charge in [0.05, 0.1) is 25.5 Å². The molecule has 0 spiro atoms. The summed E-state index contributed by atoms with van der Waals surface area (Å²) in [5, 5.41) is 12.4. The zero-order chi connectivity index (χ0) is 13.8. The number of nitrogens with one attached hydrogen (secondary N) is 1. The minimum Gasteiger partial charge on any atom is -0.493 e. The number of hydrogen-bond donors (Lipinski definition) is 2. The molecule has 0 bridgehead atoms. The maximum Gasteiger partial charge on any atom is 0.335 e. The minimum absolute atomic E-state index is 0.200. The Balaban J connectivity index is 2.48. The topological polar surface area (TPSA) is 71.0 Å². The minimum atomic E-state index is -0.975. The summed E-state index contributed by atoms with van der Waals surface area (Å²) in [5.41, 5.74) is 0.965. The predicted molar refractivity (Wildman–Crippen MR) is 71.6 cm³/mol. The van der Waals surface area contributed by atoms with Crippen LogP contribution in [0.2, 0.25) is 0 Å². The fourth-order valence-electron chi connectivity index (χ4n) is 2.21. The summed E-state index contributed by atoms with van der Waals surface area (Å²) in [7, 11) is 3.06. The van der Waals surface area contributed by atoms with Crippen LogP contribution in [0.5, 0.6) is 11.5 Å². The number of carboxylic acid groups (broad SMARTS) is 1. The predicted octanol–water partition coefficient (Wildman–Crippen LogP) is 0.812. The summed E-state index contributed by atoms with van der Waals surface area (Å²) < 4.78 is 10.6. The molecule has 19 heavy (non-hydrogen) atoms. The molecule has 1 aromatic carbocycles. The first-order chi connectivity index (χ1) is 9.17. The average Bonchev–Trinajstić information content (AvgIpc) is 2.46. The molecule has 0 aliphatic carbocycles. The average molecular weight is 266 g/mol. The van der Waals surface area contributed by atoms with Crippen LogP contribution in [0.15, 0.2) is 12.1 Å². The van der Waals surface area contributed by atoms with Gasteiger partial charge in [0.25, 0.3) is 0 Å². The number of ether oxygens (including phenoxy) is 2. The SMILES string of the molecule is COc1cc(C(=O)O)cc(N2CCNCC2)c1OC. The van der Waals surface area contributed by atoms with E-state index in [-0.39, 0.29) is 5.56 Å². The van der Waals surface area contributed by atoms with Crippen LogP contribution >= 0.6 is 0 Å². The second kappa shape index (κ2) is 5.79. The molecule has 0 radical (unpaired) electrons. The summed E-state index contributed by atoms with van der Waals surface area (Å²) >= 11 is 0. The maximum absolute atomic E-state index is 11.2. The normalized spacial score (nSPS) is 15.2. The monoisotopic (exact) mass is 266 g/mol. The van der Waals surface area contributed by atoms with E-state index < -0.39 is 5.97 Å². The second-order valence-electron chi connectivity index (χ2n) is 4.27. The Kier molecular flexibility index (Phi) is 4.11. The third-order valence-electron chi connectivity index (χ3n) is 3.16. The van der Waals surface area contributed by atoms with Gasteiger partial charge in [-0.25, -0.2) is 4.79 Å². The summed E-state index contributed by atoms with van der Waals surface area (Å²) in [4.78, 5) is 13.3. The van der Waals surface area contributed by atoms with Crippen molar-refractivity contribution in [2.75, 3.05) is 45.3 Å². The first kappa shape index (κ1) is 13.5. The molecule has 0 amide bonds. The fourth-order valence-corrected chi connectivity index (χ4v) is 2.21. The number of piperazine rings is 1. The van der Waals surface area contributed by atoms with Gasteiger partial charge in [0.1, 0.15) is 0 Å². The Morgan fingerprint density at radius 1 is 1.26 bits per heavy atom. The summed E-state index contributed by atoms with van der Waals surface area (Å²) in [6.07, 6.45) is 0. The second-order valence-corrected chi connectivity index (χ2v) is 4.27. The van der Waals surface area contributed by atoms with Gasteiger partial charge in [-0.3, -0.25) is 0 Å². The summed E-state index contributed by atoms with van der Waals surface area (Å²) in [6.45, 7) is 3.34. The van der Waals surface area contributed by atoms with Gasteiger partial charge in [0.2, 0.25) is 0 Å². The van der Waals surface area contributed by atoms with Gasteiger partial charge in [-0.2, -0.15) is 0 Å². The zero-order valence-electron chi connectivity index (χ0n) is 11.1. The Bertz CT molecular complexity index is 470. The Hall–Kier alpha value is -1.95. The lowest BCUT2D eigenvalue weighted by Crippen LogP contribution is -2.43. The van der Waals surface area contributed by atoms with Gasteiger partial charge in [0, 0.05) is 26.2 Å². The molecule has 0 saturated carbocycles. The number of rotatable bonds is 4. The zero-order valence-corrected chi connectivity index (χ0v) is 11.1. The third-order valence-corrected chi connectivity index (χ3v) is 3.16. The lowest BCUT2D eigenvalue weighted by molar-refractivity contribution is 0.0696.